The second-order valence-electron chi connectivity index (χ2n) is 3.78. The maximum absolute atomic E-state index is 10.5. The van der Waals surface area contributed by atoms with E-state index in [4.69, 9.17) is 19.3 Å². The van der Waals surface area contributed by atoms with Gasteiger partial charge in [0.05, 0.1) is 13.7 Å². The van der Waals surface area contributed by atoms with Crippen LogP contribution in [0.4, 0.5) is 0 Å². The number of rotatable bonds is 8. The molecular formula is C14H18O5. The number of carboxylic acids is 1. The molecule has 0 amide bonds. The van der Waals surface area contributed by atoms with Gasteiger partial charge in [-0.25, -0.2) is 4.79 Å². The van der Waals surface area contributed by atoms with Crippen LogP contribution in [0.1, 0.15) is 12.0 Å². The highest BCUT2D eigenvalue weighted by atomic mass is 16.5. The molecule has 0 unspecified atom stereocenters. The number of carbonyl (C=O) groups is 1. The monoisotopic (exact) mass is 266 g/mol. The predicted molar refractivity (Wildman–Crippen MR) is 71.7 cm³/mol. The van der Waals surface area contributed by atoms with E-state index in [1.165, 1.54) is 6.08 Å². The van der Waals surface area contributed by atoms with Crippen molar-refractivity contribution in [3.63, 3.8) is 0 Å². The quantitative estimate of drug-likeness (QED) is 0.577. The fourth-order valence-corrected chi connectivity index (χ4v) is 1.46. The van der Waals surface area contributed by atoms with Crippen molar-refractivity contribution < 1.29 is 24.1 Å². The Labute approximate surface area is 112 Å². The molecule has 1 N–H and O–H groups in total. The molecule has 0 spiro atoms. The van der Waals surface area contributed by atoms with Gasteiger partial charge in [0.1, 0.15) is 0 Å². The van der Waals surface area contributed by atoms with Gasteiger partial charge in [-0.3, -0.25) is 0 Å². The standard InChI is InChI=1S/C14H18O5/c1-17-8-3-9-19-13-10-11(5-7-14(15)16)4-6-12(13)18-2/h4-7,10H,3,8-9H2,1-2H3,(H,15,16). The van der Waals surface area contributed by atoms with Crippen molar-refractivity contribution in [1.82, 2.24) is 0 Å². The van der Waals surface area contributed by atoms with Crippen molar-refractivity contribution in [2.75, 3.05) is 27.4 Å². The Kier molecular flexibility index (Phi) is 6.46. The third-order valence-corrected chi connectivity index (χ3v) is 2.36. The van der Waals surface area contributed by atoms with Crippen molar-refractivity contribution in [2.24, 2.45) is 0 Å². The number of aliphatic carboxylic acids is 1. The van der Waals surface area contributed by atoms with E-state index < -0.39 is 5.97 Å². The molecule has 0 atom stereocenters. The summed E-state index contributed by atoms with van der Waals surface area (Å²) in [5.41, 5.74) is 0.741. The molecule has 0 radical (unpaired) electrons. The first-order valence-corrected chi connectivity index (χ1v) is 5.88. The van der Waals surface area contributed by atoms with Crippen LogP contribution in [0, 0.1) is 0 Å². The normalized spacial score (nSPS) is 10.6. The van der Waals surface area contributed by atoms with E-state index in [9.17, 15) is 4.79 Å². The lowest BCUT2D eigenvalue weighted by Gasteiger charge is -2.11. The van der Waals surface area contributed by atoms with Crippen LogP contribution in [-0.4, -0.2) is 38.5 Å². The molecule has 0 saturated heterocycles. The van der Waals surface area contributed by atoms with E-state index >= 15 is 0 Å². The maximum Gasteiger partial charge on any atom is 0.328 e. The highest BCUT2D eigenvalue weighted by molar-refractivity contribution is 5.85. The molecular weight excluding hydrogens is 248 g/mol. The fraction of sp³-hybridized carbons (Fsp3) is 0.357. The van der Waals surface area contributed by atoms with Gasteiger partial charge in [-0.1, -0.05) is 6.07 Å². The Bertz CT molecular complexity index is 439. The molecule has 0 bridgehead atoms. The molecule has 0 aliphatic rings. The molecule has 1 aromatic rings. The van der Waals surface area contributed by atoms with Gasteiger partial charge in [0.2, 0.25) is 0 Å². The minimum atomic E-state index is -0.988. The highest BCUT2D eigenvalue weighted by Gasteiger charge is 2.04. The summed E-state index contributed by atoms with van der Waals surface area (Å²) >= 11 is 0. The van der Waals surface area contributed by atoms with Gasteiger partial charge in [-0.2, -0.15) is 0 Å². The molecule has 5 heteroatoms. The van der Waals surface area contributed by atoms with Gasteiger partial charge in [0.15, 0.2) is 11.5 Å². The number of benzene rings is 1. The van der Waals surface area contributed by atoms with E-state index in [-0.39, 0.29) is 0 Å². The first kappa shape index (κ1) is 15.0. The summed E-state index contributed by atoms with van der Waals surface area (Å²) in [6.45, 7) is 1.14. The number of hydrogen-bond acceptors (Lipinski definition) is 4. The Morgan fingerprint density at radius 2 is 2.05 bits per heavy atom. The van der Waals surface area contributed by atoms with Crippen molar-refractivity contribution >= 4 is 12.0 Å². The number of carboxylic acid groups (broad SMARTS) is 1. The van der Waals surface area contributed by atoms with Crippen LogP contribution in [0.3, 0.4) is 0 Å². The van der Waals surface area contributed by atoms with Crippen LogP contribution >= 0.6 is 0 Å². The minimum absolute atomic E-state index is 0.510. The third kappa shape index (κ3) is 5.44. The number of methoxy groups -OCH3 is 2. The van der Waals surface area contributed by atoms with Gasteiger partial charge in [0.25, 0.3) is 0 Å². The first-order valence-electron chi connectivity index (χ1n) is 5.88. The highest BCUT2D eigenvalue weighted by Crippen LogP contribution is 2.28. The summed E-state index contributed by atoms with van der Waals surface area (Å²) in [5.74, 6) is 0.217. The van der Waals surface area contributed by atoms with Crippen LogP contribution in [0.15, 0.2) is 24.3 Å². The second-order valence-corrected chi connectivity index (χ2v) is 3.78. The van der Waals surface area contributed by atoms with E-state index in [1.807, 2.05) is 0 Å². The summed E-state index contributed by atoms with van der Waals surface area (Å²) in [6, 6.07) is 5.25. The molecule has 0 saturated carbocycles. The average molecular weight is 266 g/mol. The van der Waals surface area contributed by atoms with Crippen molar-refractivity contribution in [1.29, 1.82) is 0 Å². The summed E-state index contributed by atoms with van der Waals surface area (Å²) < 4.78 is 15.7. The number of ether oxygens (including phenoxy) is 3. The van der Waals surface area contributed by atoms with Gasteiger partial charge >= 0.3 is 5.97 Å². The average Bonchev–Trinajstić information content (AvgIpc) is 2.41. The molecule has 0 fully saturated rings. The Hall–Kier alpha value is -2.01. The molecule has 1 rings (SSSR count). The lowest BCUT2D eigenvalue weighted by Crippen LogP contribution is -2.02. The SMILES string of the molecule is COCCCOc1cc(C=CC(=O)O)ccc1OC. The fourth-order valence-electron chi connectivity index (χ4n) is 1.46. The second kappa shape index (κ2) is 8.16. The molecule has 0 aromatic heterocycles. The third-order valence-electron chi connectivity index (χ3n) is 2.36. The zero-order chi connectivity index (χ0) is 14.1. The van der Waals surface area contributed by atoms with E-state index in [2.05, 4.69) is 0 Å². The lowest BCUT2D eigenvalue weighted by molar-refractivity contribution is -0.131. The summed E-state index contributed by atoms with van der Waals surface area (Å²) in [4.78, 5) is 10.5. The summed E-state index contributed by atoms with van der Waals surface area (Å²) in [6.07, 6.45) is 3.36. The van der Waals surface area contributed by atoms with Crippen LogP contribution in [-0.2, 0) is 9.53 Å². The Morgan fingerprint density at radius 1 is 1.26 bits per heavy atom. The molecule has 19 heavy (non-hydrogen) atoms. The van der Waals surface area contributed by atoms with Crippen molar-refractivity contribution in [3.8, 4) is 11.5 Å². The zero-order valence-corrected chi connectivity index (χ0v) is 11.1. The maximum atomic E-state index is 10.5. The van der Waals surface area contributed by atoms with Crippen LogP contribution in [0.5, 0.6) is 11.5 Å². The topological polar surface area (TPSA) is 65.0 Å². The zero-order valence-electron chi connectivity index (χ0n) is 11.1. The first-order chi connectivity index (χ1) is 9.17. The largest absolute Gasteiger partial charge is 0.493 e. The molecule has 0 aliphatic heterocycles. The molecule has 5 nitrogen and oxygen atoms in total. The van der Waals surface area contributed by atoms with E-state index in [0.717, 1.165) is 18.1 Å². The van der Waals surface area contributed by atoms with E-state index in [0.29, 0.717) is 24.7 Å². The molecule has 0 aliphatic carbocycles. The van der Waals surface area contributed by atoms with Crippen LogP contribution in [0.2, 0.25) is 0 Å². The number of hydrogen-bond donors (Lipinski definition) is 1. The van der Waals surface area contributed by atoms with Gasteiger partial charge < -0.3 is 19.3 Å². The molecule has 104 valence electrons. The Morgan fingerprint density at radius 3 is 2.68 bits per heavy atom. The minimum Gasteiger partial charge on any atom is -0.493 e. The van der Waals surface area contributed by atoms with Crippen molar-refractivity contribution in [2.45, 2.75) is 6.42 Å². The molecule has 1 aromatic carbocycles. The van der Waals surface area contributed by atoms with Gasteiger partial charge in [-0.05, 0) is 23.8 Å². The van der Waals surface area contributed by atoms with Gasteiger partial charge in [-0.15, -0.1) is 0 Å². The molecule has 0 heterocycles. The van der Waals surface area contributed by atoms with Crippen LogP contribution in [0.25, 0.3) is 6.08 Å². The summed E-state index contributed by atoms with van der Waals surface area (Å²) in [7, 11) is 3.20. The van der Waals surface area contributed by atoms with E-state index in [1.54, 1.807) is 32.4 Å². The van der Waals surface area contributed by atoms with Gasteiger partial charge in [0, 0.05) is 26.2 Å². The Balaban J connectivity index is 2.75. The van der Waals surface area contributed by atoms with Crippen molar-refractivity contribution in [3.05, 3.63) is 29.8 Å². The lowest BCUT2D eigenvalue weighted by atomic mass is 10.2. The smallest absolute Gasteiger partial charge is 0.328 e. The van der Waals surface area contributed by atoms with Crippen LogP contribution < -0.4 is 9.47 Å². The summed E-state index contributed by atoms with van der Waals surface area (Å²) in [5, 5.41) is 8.59. The predicted octanol–water partition coefficient (Wildman–Crippen LogP) is 2.21.